The zero-order valence-corrected chi connectivity index (χ0v) is 10.6. The van der Waals surface area contributed by atoms with Gasteiger partial charge in [-0.25, -0.2) is 0 Å². The van der Waals surface area contributed by atoms with E-state index in [1.54, 1.807) is 11.8 Å². The second kappa shape index (κ2) is 7.30. The van der Waals surface area contributed by atoms with Gasteiger partial charge in [-0.2, -0.15) is 11.8 Å². The highest BCUT2D eigenvalue weighted by atomic mass is 32.2. The normalized spacial score (nSPS) is 10.1. The van der Waals surface area contributed by atoms with Gasteiger partial charge in [0.05, 0.1) is 6.54 Å². The van der Waals surface area contributed by atoms with Crippen LogP contribution in [0.15, 0.2) is 24.3 Å². The topological polar surface area (TPSA) is 41.1 Å². The van der Waals surface area contributed by atoms with Crippen LogP contribution in [0.5, 0.6) is 0 Å². The monoisotopic (exact) mass is 238 g/mol. The van der Waals surface area contributed by atoms with Crippen molar-refractivity contribution >= 4 is 23.4 Å². The maximum absolute atomic E-state index is 11.5. The van der Waals surface area contributed by atoms with Gasteiger partial charge < -0.3 is 10.6 Å². The van der Waals surface area contributed by atoms with E-state index in [0.29, 0.717) is 6.54 Å². The lowest BCUT2D eigenvalue weighted by Gasteiger charge is -2.06. The van der Waals surface area contributed by atoms with E-state index in [-0.39, 0.29) is 5.91 Å². The predicted molar refractivity (Wildman–Crippen MR) is 71.1 cm³/mol. The van der Waals surface area contributed by atoms with Crippen molar-refractivity contribution in [2.24, 2.45) is 0 Å². The quantitative estimate of drug-likeness (QED) is 0.744. The molecule has 0 spiro atoms. The van der Waals surface area contributed by atoms with Crippen molar-refractivity contribution in [3.8, 4) is 0 Å². The van der Waals surface area contributed by atoms with Gasteiger partial charge in [-0.1, -0.05) is 17.7 Å². The van der Waals surface area contributed by atoms with E-state index in [0.717, 1.165) is 18.0 Å². The van der Waals surface area contributed by atoms with Crippen LogP contribution in [-0.4, -0.2) is 31.0 Å². The highest BCUT2D eigenvalue weighted by molar-refractivity contribution is 7.98. The number of nitrogens with one attached hydrogen (secondary N) is 2. The summed E-state index contributed by atoms with van der Waals surface area (Å²) in [5.41, 5.74) is 2.04. The Morgan fingerprint density at radius 3 is 2.62 bits per heavy atom. The van der Waals surface area contributed by atoms with E-state index >= 15 is 0 Å². The molecule has 0 aliphatic rings. The molecule has 0 atom stereocenters. The van der Waals surface area contributed by atoms with Gasteiger partial charge in [0.1, 0.15) is 0 Å². The Hall–Kier alpha value is -1.00. The molecular formula is C12H18N2OS. The van der Waals surface area contributed by atoms with Crippen LogP contribution in [0.4, 0.5) is 5.69 Å². The second-order valence-corrected chi connectivity index (χ2v) is 4.57. The van der Waals surface area contributed by atoms with Gasteiger partial charge in [0.25, 0.3) is 0 Å². The highest BCUT2D eigenvalue weighted by Crippen LogP contribution is 2.07. The Morgan fingerprint density at radius 1 is 1.31 bits per heavy atom. The minimum absolute atomic E-state index is 0.00459. The van der Waals surface area contributed by atoms with Crippen LogP contribution in [0.2, 0.25) is 0 Å². The van der Waals surface area contributed by atoms with Crippen LogP contribution in [0, 0.1) is 6.92 Å². The molecule has 1 aromatic carbocycles. The zero-order valence-electron chi connectivity index (χ0n) is 9.75. The summed E-state index contributed by atoms with van der Waals surface area (Å²) in [5.74, 6) is 1.03. The fraction of sp³-hybridized carbons (Fsp3) is 0.417. The maximum Gasteiger partial charge on any atom is 0.238 e. The largest absolute Gasteiger partial charge is 0.325 e. The molecule has 0 saturated heterocycles. The smallest absolute Gasteiger partial charge is 0.238 e. The lowest BCUT2D eigenvalue weighted by Crippen LogP contribution is -2.29. The highest BCUT2D eigenvalue weighted by Gasteiger charge is 2.00. The molecule has 1 rings (SSSR count). The van der Waals surface area contributed by atoms with E-state index in [1.165, 1.54) is 5.56 Å². The summed E-state index contributed by atoms with van der Waals surface area (Å²) < 4.78 is 0. The Labute approximate surface area is 101 Å². The molecule has 0 aromatic heterocycles. The van der Waals surface area contributed by atoms with Gasteiger partial charge in [0.15, 0.2) is 0 Å². The lowest BCUT2D eigenvalue weighted by atomic mass is 10.2. The molecule has 1 aromatic rings. The van der Waals surface area contributed by atoms with Crippen molar-refractivity contribution in [2.75, 3.05) is 30.4 Å². The number of rotatable bonds is 6. The van der Waals surface area contributed by atoms with E-state index in [9.17, 15) is 4.79 Å². The number of amides is 1. The molecule has 2 N–H and O–H groups in total. The number of hydrogen-bond acceptors (Lipinski definition) is 3. The Bertz CT molecular complexity index is 324. The summed E-state index contributed by atoms with van der Waals surface area (Å²) in [6.45, 7) is 3.26. The Morgan fingerprint density at radius 2 is 2.00 bits per heavy atom. The van der Waals surface area contributed by atoms with Crippen molar-refractivity contribution in [3.63, 3.8) is 0 Å². The van der Waals surface area contributed by atoms with E-state index in [4.69, 9.17) is 0 Å². The number of hydrogen-bond donors (Lipinski definition) is 2. The van der Waals surface area contributed by atoms with Crippen LogP contribution < -0.4 is 10.6 Å². The zero-order chi connectivity index (χ0) is 11.8. The van der Waals surface area contributed by atoms with E-state index in [2.05, 4.69) is 10.6 Å². The summed E-state index contributed by atoms with van der Waals surface area (Å²) in [5, 5.41) is 5.92. The molecule has 0 radical (unpaired) electrons. The summed E-state index contributed by atoms with van der Waals surface area (Å²) >= 11 is 1.76. The van der Waals surface area contributed by atoms with Gasteiger partial charge >= 0.3 is 0 Å². The Kier molecular flexibility index (Phi) is 5.96. The molecular weight excluding hydrogens is 220 g/mol. The summed E-state index contributed by atoms with van der Waals surface area (Å²) in [6.07, 6.45) is 2.05. The average molecular weight is 238 g/mol. The van der Waals surface area contributed by atoms with Crippen molar-refractivity contribution in [3.05, 3.63) is 29.8 Å². The molecule has 0 bridgehead atoms. The third kappa shape index (κ3) is 5.19. The fourth-order valence-corrected chi connectivity index (χ4v) is 1.57. The van der Waals surface area contributed by atoms with Gasteiger partial charge in [-0.15, -0.1) is 0 Å². The number of carbonyl (C=O) groups excluding carboxylic acids is 1. The van der Waals surface area contributed by atoms with E-state index in [1.807, 2.05) is 37.4 Å². The Balaban J connectivity index is 2.26. The number of aryl methyl sites for hydroxylation is 1. The standard InChI is InChI=1S/C12H18N2OS/c1-10-3-5-11(6-4-10)14-12(15)9-13-7-8-16-2/h3-6,13H,7-9H2,1-2H3,(H,14,15). The third-order valence-electron chi connectivity index (χ3n) is 2.10. The molecule has 16 heavy (non-hydrogen) atoms. The minimum atomic E-state index is 0.00459. The van der Waals surface area contributed by atoms with Gasteiger partial charge in [0, 0.05) is 18.0 Å². The first-order valence-electron chi connectivity index (χ1n) is 5.28. The van der Waals surface area contributed by atoms with Crippen LogP contribution in [0.1, 0.15) is 5.56 Å². The molecule has 1 amide bonds. The predicted octanol–water partition coefficient (Wildman–Crippen LogP) is 1.89. The summed E-state index contributed by atoms with van der Waals surface area (Å²) in [7, 11) is 0. The third-order valence-corrected chi connectivity index (χ3v) is 2.72. The molecule has 0 fully saturated rings. The molecule has 4 heteroatoms. The molecule has 3 nitrogen and oxygen atoms in total. The second-order valence-electron chi connectivity index (χ2n) is 3.58. The van der Waals surface area contributed by atoms with Crippen molar-refractivity contribution < 1.29 is 4.79 Å². The molecule has 0 aliphatic carbocycles. The molecule has 0 saturated carbocycles. The first-order chi connectivity index (χ1) is 7.72. The van der Waals surface area contributed by atoms with Crippen molar-refractivity contribution in [1.29, 1.82) is 0 Å². The number of anilines is 1. The summed E-state index contributed by atoms with van der Waals surface area (Å²) in [4.78, 5) is 11.5. The van der Waals surface area contributed by atoms with Gasteiger partial charge in [-0.05, 0) is 25.3 Å². The number of benzene rings is 1. The minimum Gasteiger partial charge on any atom is -0.325 e. The van der Waals surface area contributed by atoms with Crippen LogP contribution in [0.3, 0.4) is 0 Å². The number of thioether (sulfide) groups is 1. The fourth-order valence-electron chi connectivity index (χ4n) is 1.22. The average Bonchev–Trinajstić information content (AvgIpc) is 2.28. The summed E-state index contributed by atoms with van der Waals surface area (Å²) in [6, 6.07) is 7.79. The van der Waals surface area contributed by atoms with Crippen molar-refractivity contribution in [1.82, 2.24) is 5.32 Å². The molecule has 0 heterocycles. The van der Waals surface area contributed by atoms with E-state index < -0.39 is 0 Å². The van der Waals surface area contributed by atoms with Crippen molar-refractivity contribution in [2.45, 2.75) is 6.92 Å². The first kappa shape index (κ1) is 13.1. The van der Waals surface area contributed by atoms with Crippen LogP contribution >= 0.6 is 11.8 Å². The number of carbonyl (C=O) groups is 1. The van der Waals surface area contributed by atoms with Gasteiger partial charge in [-0.3, -0.25) is 4.79 Å². The molecule has 0 unspecified atom stereocenters. The maximum atomic E-state index is 11.5. The van der Waals surface area contributed by atoms with Crippen LogP contribution in [0.25, 0.3) is 0 Å². The lowest BCUT2D eigenvalue weighted by molar-refractivity contribution is -0.115. The SMILES string of the molecule is CSCCNCC(=O)Nc1ccc(C)cc1. The van der Waals surface area contributed by atoms with Crippen LogP contribution in [-0.2, 0) is 4.79 Å². The first-order valence-corrected chi connectivity index (χ1v) is 6.68. The van der Waals surface area contributed by atoms with Gasteiger partial charge in [0.2, 0.25) is 5.91 Å². The molecule has 0 aliphatic heterocycles. The molecule has 88 valence electrons.